The Labute approximate surface area is 113 Å². The molecule has 2 rings (SSSR count). The highest BCUT2D eigenvalue weighted by Gasteiger charge is 2.15. The van der Waals surface area contributed by atoms with Gasteiger partial charge in [-0.05, 0) is 17.7 Å². The van der Waals surface area contributed by atoms with E-state index >= 15 is 0 Å². The first-order chi connectivity index (χ1) is 8.46. The molecule has 96 valence electrons. The summed E-state index contributed by atoms with van der Waals surface area (Å²) in [6, 6.07) is 4.62. The van der Waals surface area contributed by atoms with E-state index in [0.717, 1.165) is 0 Å². The standard InChI is InChI=1S/C9H8Cl2N4O2S/c10-7-2-1-6(8(11)3-7)4-18(16,17)15-9-12-5-13-14-9/h1-3,5H,4H2,(H2,12,13,14,15). The number of benzene rings is 1. The molecule has 2 N–H and O–H groups in total. The number of nitrogens with zero attached hydrogens (tertiary/aromatic N) is 2. The minimum atomic E-state index is -3.60. The molecular weight excluding hydrogens is 299 g/mol. The van der Waals surface area contributed by atoms with Crippen LogP contribution in [0.5, 0.6) is 0 Å². The van der Waals surface area contributed by atoms with E-state index < -0.39 is 10.0 Å². The van der Waals surface area contributed by atoms with Crippen LogP contribution in [-0.2, 0) is 15.8 Å². The van der Waals surface area contributed by atoms with Crippen molar-refractivity contribution < 1.29 is 8.42 Å². The smallest absolute Gasteiger partial charge is 0.239 e. The van der Waals surface area contributed by atoms with Crippen LogP contribution in [0.2, 0.25) is 10.0 Å². The van der Waals surface area contributed by atoms with E-state index in [4.69, 9.17) is 23.2 Å². The predicted octanol–water partition coefficient (Wildman–Crippen LogP) is 2.05. The molecule has 0 amide bonds. The molecule has 0 aliphatic carbocycles. The first-order valence-electron chi connectivity index (χ1n) is 4.76. The van der Waals surface area contributed by atoms with Crippen molar-refractivity contribution in [2.24, 2.45) is 0 Å². The minimum Gasteiger partial charge on any atom is -0.251 e. The van der Waals surface area contributed by atoms with Gasteiger partial charge < -0.3 is 0 Å². The second kappa shape index (κ2) is 5.13. The maximum Gasteiger partial charge on any atom is 0.239 e. The van der Waals surface area contributed by atoms with Crippen LogP contribution in [0.25, 0.3) is 0 Å². The van der Waals surface area contributed by atoms with Gasteiger partial charge in [-0.25, -0.2) is 13.5 Å². The molecule has 0 saturated heterocycles. The van der Waals surface area contributed by atoms with E-state index in [2.05, 4.69) is 19.9 Å². The summed E-state index contributed by atoms with van der Waals surface area (Å²) in [6.45, 7) is 0. The lowest BCUT2D eigenvalue weighted by Gasteiger charge is -2.06. The molecule has 18 heavy (non-hydrogen) atoms. The van der Waals surface area contributed by atoms with Crippen molar-refractivity contribution in [1.29, 1.82) is 0 Å². The molecule has 1 heterocycles. The predicted molar refractivity (Wildman–Crippen MR) is 69.1 cm³/mol. The van der Waals surface area contributed by atoms with Gasteiger partial charge in [0.25, 0.3) is 0 Å². The largest absolute Gasteiger partial charge is 0.251 e. The number of anilines is 1. The zero-order valence-electron chi connectivity index (χ0n) is 8.89. The summed E-state index contributed by atoms with van der Waals surface area (Å²) >= 11 is 11.6. The summed E-state index contributed by atoms with van der Waals surface area (Å²) in [5.74, 6) is -0.218. The van der Waals surface area contributed by atoms with E-state index in [9.17, 15) is 8.42 Å². The van der Waals surface area contributed by atoms with E-state index in [1.54, 1.807) is 12.1 Å². The van der Waals surface area contributed by atoms with Crippen LogP contribution in [0, 0.1) is 0 Å². The highest BCUT2D eigenvalue weighted by molar-refractivity contribution is 7.91. The molecule has 0 atom stereocenters. The molecular formula is C9H8Cl2N4O2S. The maximum atomic E-state index is 11.8. The summed E-state index contributed by atoms with van der Waals surface area (Å²) in [6.07, 6.45) is 1.20. The molecule has 2 aromatic rings. The van der Waals surface area contributed by atoms with Gasteiger partial charge in [0.05, 0.1) is 5.75 Å². The lowest BCUT2D eigenvalue weighted by molar-refractivity contribution is 0.600. The molecule has 6 nitrogen and oxygen atoms in total. The molecule has 1 aromatic carbocycles. The fourth-order valence-electron chi connectivity index (χ4n) is 1.28. The summed E-state index contributed by atoms with van der Waals surface area (Å²) in [5, 5.41) is 6.68. The van der Waals surface area contributed by atoms with Crippen LogP contribution in [-0.4, -0.2) is 23.6 Å². The van der Waals surface area contributed by atoms with Crippen LogP contribution in [0.4, 0.5) is 5.95 Å². The molecule has 0 saturated carbocycles. The number of aromatic amines is 1. The van der Waals surface area contributed by atoms with Gasteiger partial charge >= 0.3 is 0 Å². The Morgan fingerprint density at radius 3 is 2.72 bits per heavy atom. The van der Waals surface area contributed by atoms with Crippen molar-refractivity contribution in [1.82, 2.24) is 15.2 Å². The van der Waals surface area contributed by atoms with Crippen molar-refractivity contribution in [3.8, 4) is 0 Å². The van der Waals surface area contributed by atoms with Crippen molar-refractivity contribution in [3.63, 3.8) is 0 Å². The third kappa shape index (κ3) is 3.34. The molecule has 0 aliphatic rings. The Bertz CT molecular complexity index is 643. The molecule has 0 radical (unpaired) electrons. The maximum absolute atomic E-state index is 11.8. The number of aromatic nitrogens is 3. The molecule has 0 aliphatic heterocycles. The average molecular weight is 307 g/mol. The summed E-state index contributed by atoms with van der Waals surface area (Å²) in [5.41, 5.74) is 0.452. The van der Waals surface area contributed by atoms with Gasteiger partial charge in [-0.2, -0.15) is 10.1 Å². The topological polar surface area (TPSA) is 87.7 Å². The minimum absolute atomic E-state index is 0.0556. The molecule has 0 fully saturated rings. The number of hydrogen-bond acceptors (Lipinski definition) is 4. The number of H-pyrrole nitrogens is 1. The Balaban J connectivity index is 2.17. The van der Waals surface area contributed by atoms with Gasteiger partial charge in [-0.3, -0.25) is 4.72 Å². The van der Waals surface area contributed by atoms with Crippen molar-refractivity contribution >= 4 is 39.2 Å². The fourth-order valence-corrected chi connectivity index (χ4v) is 2.96. The Morgan fingerprint density at radius 2 is 2.11 bits per heavy atom. The van der Waals surface area contributed by atoms with Gasteiger partial charge in [-0.1, -0.05) is 29.3 Å². The van der Waals surface area contributed by atoms with Gasteiger partial charge in [-0.15, -0.1) is 0 Å². The van der Waals surface area contributed by atoms with Gasteiger partial charge in [0.1, 0.15) is 6.33 Å². The van der Waals surface area contributed by atoms with Crippen LogP contribution in [0.15, 0.2) is 24.5 Å². The first kappa shape index (κ1) is 13.1. The molecule has 0 bridgehead atoms. The molecule has 0 spiro atoms. The Hall–Kier alpha value is -1.31. The summed E-state index contributed by atoms with van der Waals surface area (Å²) in [7, 11) is -3.60. The third-order valence-electron chi connectivity index (χ3n) is 2.03. The van der Waals surface area contributed by atoms with Crippen LogP contribution in [0.1, 0.15) is 5.56 Å². The first-order valence-corrected chi connectivity index (χ1v) is 7.17. The van der Waals surface area contributed by atoms with E-state index in [1.807, 2.05) is 0 Å². The van der Waals surface area contributed by atoms with Gasteiger partial charge in [0.2, 0.25) is 16.0 Å². The number of rotatable bonds is 4. The molecule has 9 heteroatoms. The lowest BCUT2D eigenvalue weighted by atomic mass is 10.2. The summed E-state index contributed by atoms with van der Waals surface area (Å²) < 4.78 is 25.9. The average Bonchev–Trinajstić information content (AvgIpc) is 2.74. The second-order valence-electron chi connectivity index (χ2n) is 3.43. The Morgan fingerprint density at radius 1 is 1.33 bits per heavy atom. The van der Waals surface area contributed by atoms with Crippen LogP contribution >= 0.6 is 23.2 Å². The van der Waals surface area contributed by atoms with Crippen molar-refractivity contribution in [2.45, 2.75) is 5.75 Å². The number of sulfonamides is 1. The van der Waals surface area contributed by atoms with Gasteiger partial charge in [0, 0.05) is 10.0 Å². The van der Waals surface area contributed by atoms with Crippen molar-refractivity contribution in [3.05, 3.63) is 40.1 Å². The Kier molecular flexibility index (Phi) is 3.74. The lowest BCUT2D eigenvalue weighted by Crippen LogP contribution is -2.16. The second-order valence-corrected chi connectivity index (χ2v) is 6.00. The quantitative estimate of drug-likeness (QED) is 0.905. The highest BCUT2D eigenvalue weighted by atomic mass is 35.5. The number of halogens is 2. The molecule has 0 unspecified atom stereocenters. The number of nitrogens with one attached hydrogen (secondary N) is 2. The molecule has 1 aromatic heterocycles. The van der Waals surface area contributed by atoms with E-state index in [-0.39, 0.29) is 11.7 Å². The fraction of sp³-hybridized carbons (Fsp3) is 0.111. The normalized spacial score (nSPS) is 11.4. The third-order valence-corrected chi connectivity index (χ3v) is 3.81. The SMILES string of the molecule is O=S(=O)(Cc1ccc(Cl)cc1Cl)Nc1ncn[nH]1. The number of hydrogen-bond donors (Lipinski definition) is 2. The monoisotopic (exact) mass is 306 g/mol. The highest BCUT2D eigenvalue weighted by Crippen LogP contribution is 2.22. The van der Waals surface area contributed by atoms with E-state index in [1.165, 1.54) is 12.4 Å². The summed E-state index contributed by atoms with van der Waals surface area (Å²) in [4.78, 5) is 3.67. The van der Waals surface area contributed by atoms with Crippen LogP contribution in [0.3, 0.4) is 0 Å². The van der Waals surface area contributed by atoms with E-state index in [0.29, 0.717) is 15.6 Å². The van der Waals surface area contributed by atoms with Gasteiger partial charge in [0.15, 0.2) is 0 Å². The zero-order chi connectivity index (χ0) is 13.2. The van der Waals surface area contributed by atoms with Crippen LogP contribution < -0.4 is 4.72 Å². The zero-order valence-corrected chi connectivity index (χ0v) is 11.2. The van der Waals surface area contributed by atoms with Crippen molar-refractivity contribution in [2.75, 3.05) is 4.72 Å².